The molecule has 2 rings (SSSR count). The summed E-state index contributed by atoms with van der Waals surface area (Å²) in [5.74, 6) is 1.57. The van der Waals surface area contributed by atoms with Crippen LogP contribution in [0.5, 0.6) is 0 Å². The molecule has 19 heavy (non-hydrogen) atoms. The molecule has 1 aliphatic rings. The maximum absolute atomic E-state index is 12.0. The first-order chi connectivity index (χ1) is 9.11. The van der Waals surface area contributed by atoms with Gasteiger partial charge in [-0.25, -0.2) is 4.98 Å². The fourth-order valence-corrected chi connectivity index (χ4v) is 2.20. The van der Waals surface area contributed by atoms with E-state index < -0.39 is 0 Å². The predicted octanol–water partition coefficient (Wildman–Crippen LogP) is 2.46. The Balaban J connectivity index is 1.95. The van der Waals surface area contributed by atoms with Gasteiger partial charge in [0.2, 0.25) is 0 Å². The maximum Gasteiger partial charge on any atom is 0.253 e. The minimum Gasteiger partial charge on any atom is -0.360 e. The van der Waals surface area contributed by atoms with Crippen molar-refractivity contribution in [2.75, 3.05) is 18.5 Å². The molecule has 1 N–H and O–H groups in total. The van der Waals surface area contributed by atoms with Gasteiger partial charge in [-0.1, -0.05) is 6.92 Å². The monoisotopic (exact) mass is 261 g/mol. The van der Waals surface area contributed by atoms with E-state index in [2.05, 4.69) is 29.0 Å². The van der Waals surface area contributed by atoms with Gasteiger partial charge in [0.15, 0.2) is 0 Å². The van der Waals surface area contributed by atoms with E-state index in [9.17, 15) is 4.79 Å². The van der Waals surface area contributed by atoms with Crippen LogP contribution in [0.1, 0.15) is 43.5 Å². The third-order valence-corrected chi connectivity index (χ3v) is 3.65. The standard InChI is InChI=1S/C15H23N3O/c1-4-9-18(3)14-8-7-13(10-16-14)15(19)17-11(2)12-5-6-12/h7-8,10-12H,4-6,9H2,1-3H3,(H,17,19). The normalized spacial score (nSPS) is 15.9. The van der Waals surface area contributed by atoms with Gasteiger partial charge in [-0.2, -0.15) is 0 Å². The van der Waals surface area contributed by atoms with E-state index in [1.165, 1.54) is 12.8 Å². The molecule has 0 aromatic carbocycles. The molecule has 0 saturated heterocycles. The zero-order valence-electron chi connectivity index (χ0n) is 12.0. The van der Waals surface area contributed by atoms with Crippen molar-refractivity contribution in [2.24, 2.45) is 5.92 Å². The molecule has 1 aromatic rings. The number of anilines is 1. The first-order valence-electron chi connectivity index (χ1n) is 7.10. The highest BCUT2D eigenvalue weighted by Crippen LogP contribution is 2.32. The number of carbonyl (C=O) groups excluding carboxylic acids is 1. The van der Waals surface area contributed by atoms with Gasteiger partial charge in [-0.05, 0) is 44.2 Å². The molecule has 1 fully saturated rings. The fraction of sp³-hybridized carbons (Fsp3) is 0.600. The molecule has 104 valence electrons. The minimum atomic E-state index is -0.0170. The van der Waals surface area contributed by atoms with Crippen LogP contribution in [-0.4, -0.2) is 30.5 Å². The second-order valence-corrected chi connectivity index (χ2v) is 5.43. The predicted molar refractivity (Wildman–Crippen MR) is 77.5 cm³/mol. The number of nitrogens with zero attached hydrogens (tertiary/aromatic N) is 2. The average Bonchev–Trinajstić information content (AvgIpc) is 3.23. The van der Waals surface area contributed by atoms with Crippen LogP contribution >= 0.6 is 0 Å². The lowest BCUT2D eigenvalue weighted by Crippen LogP contribution is -2.34. The largest absolute Gasteiger partial charge is 0.360 e. The second-order valence-electron chi connectivity index (χ2n) is 5.43. The fourth-order valence-electron chi connectivity index (χ4n) is 2.20. The smallest absolute Gasteiger partial charge is 0.253 e. The van der Waals surface area contributed by atoms with Crippen LogP contribution < -0.4 is 10.2 Å². The summed E-state index contributed by atoms with van der Waals surface area (Å²) in [4.78, 5) is 18.5. The van der Waals surface area contributed by atoms with Crippen molar-refractivity contribution in [3.8, 4) is 0 Å². The first-order valence-corrected chi connectivity index (χ1v) is 7.10. The number of amides is 1. The highest BCUT2D eigenvalue weighted by molar-refractivity contribution is 5.94. The van der Waals surface area contributed by atoms with Crippen molar-refractivity contribution >= 4 is 11.7 Å². The number of carbonyl (C=O) groups is 1. The summed E-state index contributed by atoms with van der Waals surface area (Å²) in [7, 11) is 2.01. The Morgan fingerprint density at radius 1 is 1.53 bits per heavy atom. The summed E-state index contributed by atoms with van der Waals surface area (Å²) < 4.78 is 0. The van der Waals surface area contributed by atoms with E-state index in [0.29, 0.717) is 11.5 Å². The van der Waals surface area contributed by atoms with Gasteiger partial charge in [0.1, 0.15) is 5.82 Å². The topological polar surface area (TPSA) is 45.2 Å². The summed E-state index contributed by atoms with van der Waals surface area (Å²) in [6.45, 7) is 5.18. The lowest BCUT2D eigenvalue weighted by molar-refractivity contribution is 0.0935. The SMILES string of the molecule is CCCN(C)c1ccc(C(=O)NC(C)C2CC2)cn1. The number of hydrogen-bond donors (Lipinski definition) is 1. The Bertz CT molecular complexity index is 426. The molecular formula is C15H23N3O. The molecule has 1 atom stereocenters. The Labute approximate surface area is 115 Å². The molecule has 1 heterocycles. The van der Waals surface area contributed by atoms with E-state index in [4.69, 9.17) is 0 Å². The van der Waals surface area contributed by atoms with Crippen molar-refractivity contribution in [2.45, 2.75) is 39.2 Å². The van der Waals surface area contributed by atoms with Crippen molar-refractivity contribution < 1.29 is 4.79 Å². The average molecular weight is 261 g/mol. The van der Waals surface area contributed by atoms with Crippen LogP contribution in [0.4, 0.5) is 5.82 Å². The van der Waals surface area contributed by atoms with Crippen LogP contribution in [0.25, 0.3) is 0 Å². The number of rotatable bonds is 6. The Kier molecular flexibility index (Phi) is 4.40. The van der Waals surface area contributed by atoms with Crippen molar-refractivity contribution in [1.82, 2.24) is 10.3 Å². The van der Waals surface area contributed by atoms with Gasteiger partial charge in [0, 0.05) is 25.8 Å². The molecule has 1 aliphatic carbocycles. The Morgan fingerprint density at radius 3 is 2.79 bits per heavy atom. The van der Waals surface area contributed by atoms with E-state index in [0.717, 1.165) is 18.8 Å². The van der Waals surface area contributed by atoms with Gasteiger partial charge in [0.25, 0.3) is 5.91 Å². The van der Waals surface area contributed by atoms with Crippen LogP contribution in [0.2, 0.25) is 0 Å². The third-order valence-electron chi connectivity index (χ3n) is 3.65. The lowest BCUT2D eigenvalue weighted by atomic mass is 10.2. The Hall–Kier alpha value is -1.58. The van der Waals surface area contributed by atoms with Gasteiger partial charge >= 0.3 is 0 Å². The lowest BCUT2D eigenvalue weighted by Gasteiger charge is -2.17. The van der Waals surface area contributed by atoms with Crippen LogP contribution in [-0.2, 0) is 0 Å². The zero-order valence-corrected chi connectivity index (χ0v) is 12.0. The molecule has 0 bridgehead atoms. The molecule has 4 nitrogen and oxygen atoms in total. The van der Waals surface area contributed by atoms with E-state index in [1.807, 2.05) is 19.2 Å². The molecule has 0 spiro atoms. The summed E-state index contributed by atoms with van der Waals surface area (Å²) in [6.07, 6.45) is 5.22. The van der Waals surface area contributed by atoms with Crippen LogP contribution in [0.3, 0.4) is 0 Å². The molecule has 4 heteroatoms. The highest BCUT2D eigenvalue weighted by atomic mass is 16.1. The van der Waals surface area contributed by atoms with Gasteiger partial charge in [-0.3, -0.25) is 4.79 Å². The summed E-state index contributed by atoms with van der Waals surface area (Å²) in [5, 5.41) is 3.04. The number of hydrogen-bond acceptors (Lipinski definition) is 3. The third kappa shape index (κ3) is 3.69. The molecule has 1 saturated carbocycles. The molecule has 1 unspecified atom stereocenters. The summed E-state index contributed by atoms with van der Waals surface area (Å²) >= 11 is 0. The molecule has 1 amide bonds. The van der Waals surface area contributed by atoms with Gasteiger partial charge < -0.3 is 10.2 Å². The Morgan fingerprint density at radius 2 is 2.26 bits per heavy atom. The minimum absolute atomic E-state index is 0.0170. The van der Waals surface area contributed by atoms with Crippen LogP contribution in [0.15, 0.2) is 18.3 Å². The molecule has 0 radical (unpaired) electrons. The molecular weight excluding hydrogens is 238 g/mol. The van der Waals surface area contributed by atoms with Crippen molar-refractivity contribution in [3.05, 3.63) is 23.9 Å². The van der Waals surface area contributed by atoms with Crippen molar-refractivity contribution in [1.29, 1.82) is 0 Å². The number of aromatic nitrogens is 1. The van der Waals surface area contributed by atoms with Crippen LogP contribution in [0, 0.1) is 5.92 Å². The summed E-state index contributed by atoms with van der Waals surface area (Å²) in [6, 6.07) is 4.03. The van der Waals surface area contributed by atoms with E-state index in [1.54, 1.807) is 6.20 Å². The number of nitrogens with one attached hydrogen (secondary N) is 1. The zero-order chi connectivity index (χ0) is 13.8. The van der Waals surface area contributed by atoms with E-state index in [-0.39, 0.29) is 11.9 Å². The van der Waals surface area contributed by atoms with E-state index >= 15 is 0 Å². The van der Waals surface area contributed by atoms with Gasteiger partial charge in [-0.15, -0.1) is 0 Å². The van der Waals surface area contributed by atoms with Crippen molar-refractivity contribution in [3.63, 3.8) is 0 Å². The first kappa shape index (κ1) is 13.8. The highest BCUT2D eigenvalue weighted by Gasteiger charge is 2.29. The quantitative estimate of drug-likeness (QED) is 0.855. The molecule has 1 aromatic heterocycles. The molecule has 0 aliphatic heterocycles. The van der Waals surface area contributed by atoms with Gasteiger partial charge in [0.05, 0.1) is 5.56 Å². The second kappa shape index (κ2) is 6.04. The number of pyridine rings is 1. The summed E-state index contributed by atoms with van der Waals surface area (Å²) in [5.41, 5.74) is 0.640. The maximum atomic E-state index is 12.0.